The molecular weight excluding hydrogens is 254 g/mol. The van der Waals surface area contributed by atoms with Gasteiger partial charge in [0.1, 0.15) is 4.34 Å². The molecule has 1 saturated carbocycles. The molecule has 0 bridgehead atoms. The molecule has 0 spiro atoms. The number of nitrogens with zero attached hydrogens (tertiary/aromatic N) is 1. The Kier molecular flexibility index (Phi) is 4.45. The summed E-state index contributed by atoms with van der Waals surface area (Å²) >= 11 is 3.28. The maximum atomic E-state index is 11.3. The van der Waals surface area contributed by atoms with Gasteiger partial charge in [0.05, 0.1) is 5.92 Å². The average molecular weight is 271 g/mol. The number of carboxylic acid groups (broad SMARTS) is 1. The van der Waals surface area contributed by atoms with E-state index in [2.05, 4.69) is 4.98 Å². The second-order valence-corrected chi connectivity index (χ2v) is 6.84. The molecular formula is C12H17NO2S2. The van der Waals surface area contributed by atoms with Crippen molar-refractivity contribution in [1.29, 1.82) is 0 Å². The quantitative estimate of drug-likeness (QED) is 0.854. The van der Waals surface area contributed by atoms with Crippen LogP contribution >= 0.6 is 23.1 Å². The van der Waals surface area contributed by atoms with Gasteiger partial charge in [-0.15, -0.1) is 11.3 Å². The van der Waals surface area contributed by atoms with Crippen LogP contribution < -0.4 is 0 Å². The first-order chi connectivity index (χ1) is 8.16. The molecule has 2 unspecified atom stereocenters. The molecule has 0 amide bonds. The number of thiazole rings is 1. The number of thioether (sulfide) groups is 1. The smallest absolute Gasteiger partial charge is 0.307 e. The van der Waals surface area contributed by atoms with E-state index < -0.39 is 5.97 Å². The van der Waals surface area contributed by atoms with E-state index in [-0.39, 0.29) is 11.2 Å². The summed E-state index contributed by atoms with van der Waals surface area (Å²) in [5.74, 6) is -0.843. The highest BCUT2D eigenvalue weighted by Crippen LogP contribution is 2.37. The summed E-state index contributed by atoms with van der Waals surface area (Å²) in [6.07, 6.45) is 5.17. The van der Waals surface area contributed by atoms with E-state index >= 15 is 0 Å². The predicted octanol–water partition coefficient (Wildman–Crippen LogP) is 3.58. The van der Waals surface area contributed by atoms with Crippen molar-refractivity contribution in [3.05, 3.63) is 11.1 Å². The third-order valence-corrected chi connectivity index (χ3v) is 5.61. The molecule has 2 atom stereocenters. The van der Waals surface area contributed by atoms with Gasteiger partial charge in [-0.2, -0.15) is 0 Å². The third-order valence-electron chi connectivity index (χ3n) is 3.12. The van der Waals surface area contributed by atoms with Crippen LogP contribution in [-0.4, -0.2) is 21.3 Å². The van der Waals surface area contributed by atoms with Gasteiger partial charge in [-0.05, 0) is 19.8 Å². The Hall–Kier alpha value is -0.550. The molecule has 1 heterocycles. The highest BCUT2D eigenvalue weighted by Gasteiger charge is 2.30. The second kappa shape index (κ2) is 5.87. The fourth-order valence-electron chi connectivity index (χ4n) is 2.21. The molecule has 94 valence electrons. The molecule has 17 heavy (non-hydrogen) atoms. The first-order valence-corrected chi connectivity index (χ1v) is 7.74. The highest BCUT2D eigenvalue weighted by molar-refractivity contribution is 8.01. The van der Waals surface area contributed by atoms with Crippen LogP contribution in [0.5, 0.6) is 0 Å². The molecule has 0 aromatic carbocycles. The van der Waals surface area contributed by atoms with Gasteiger partial charge in [0.25, 0.3) is 0 Å². The van der Waals surface area contributed by atoms with E-state index in [0.29, 0.717) is 0 Å². The van der Waals surface area contributed by atoms with E-state index in [9.17, 15) is 9.90 Å². The Morgan fingerprint density at radius 1 is 1.47 bits per heavy atom. The number of hydrogen-bond donors (Lipinski definition) is 1. The summed E-state index contributed by atoms with van der Waals surface area (Å²) in [6, 6.07) is 0. The average Bonchev–Trinajstić information content (AvgIpc) is 2.55. The zero-order valence-corrected chi connectivity index (χ0v) is 11.5. The SMILES string of the molecule is Cc1csc(SC2CCCCCC2C(=O)O)n1. The van der Waals surface area contributed by atoms with Crippen molar-refractivity contribution >= 4 is 29.1 Å². The van der Waals surface area contributed by atoms with Gasteiger partial charge in [0.2, 0.25) is 0 Å². The number of aromatic nitrogens is 1. The van der Waals surface area contributed by atoms with Gasteiger partial charge in [0.15, 0.2) is 0 Å². The van der Waals surface area contributed by atoms with Crippen LogP contribution in [0.15, 0.2) is 9.72 Å². The van der Waals surface area contributed by atoms with Crippen LogP contribution in [0.25, 0.3) is 0 Å². The monoisotopic (exact) mass is 271 g/mol. The van der Waals surface area contributed by atoms with Gasteiger partial charge >= 0.3 is 5.97 Å². The zero-order valence-electron chi connectivity index (χ0n) is 9.89. The maximum absolute atomic E-state index is 11.3. The lowest BCUT2D eigenvalue weighted by Gasteiger charge is -2.19. The van der Waals surface area contributed by atoms with Gasteiger partial charge in [-0.3, -0.25) is 4.79 Å². The molecule has 2 rings (SSSR count). The first-order valence-electron chi connectivity index (χ1n) is 5.98. The second-order valence-electron chi connectivity index (χ2n) is 4.49. The Balaban J connectivity index is 2.07. The fourth-order valence-corrected chi connectivity index (χ4v) is 4.63. The molecule has 1 N–H and O–H groups in total. The Morgan fingerprint density at radius 3 is 2.88 bits per heavy atom. The number of aryl methyl sites for hydroxylation is 1. The summed E-state index contributed by atoms with van der Waals surface area (Å²) in [5.41, 5.74) is 1.03. The summed E-state index contributed by atoms with van der Waals surface area (Å²) in [6.45, 7) is 1.97. The molecule has 5 heteroatoms. The van der Waals surface area contributed by atoms with Crippen LogP contribution in [0.3, 0.4) is 0 Å². The van der Waals surface area contributed by atoms with Crippen molar-refractivity contribution in [3.63, 3.8) is 0 Å². The van der Waals surface area contributed by atoms with Crippen molar-refractivity contribution in [1.82, 2.24) is 4.98 Å². The first kappa shape index (κ1) is 12.9. The maximum Gasteiger partial charge on any atom is 0.307 e. The van der Waals surface area contributed by atoms with Gasteiger partial charge in [0, 0.05) is 16.3 Å². The molecule has 1 aliphatic carbocycles. The summed E-state index contributed by atoms with van der Waals surface area (Å²) in [4.78, 5) is 15.7. The van der Waals surface area contributed by atoms with Gasteiger partial charge in [-0.25, -0.2) is 4.98 Å². The Bertz CT molecular complexity index is 392. The standard InChI is InChI=1S/C12H17NO2S2/c1-8-7-16-12(13-8)17-10-6-4-2-3-5-9(10)11(14)15/h7,9-10H,2-6H2,1H3,(H,14,15). The lowest BCUT2D eigenvalue weighted by atomic mass is 10.0. The van der Waals surface area contributed by atoms with Gasteiger partial charge in [-0.1, -0.05) is 31.0 Å². The number of hydrogen-bond acceptors (Lipinski definition) is 4. The van der Waals surface area contributed by atoms with Gasteiger partial charge < -0.3 is 5.11 Å². The molecule has 3 nitrogen and oxygen atoms in total. The highest BCUT2D eigenvalue weighted by atomic mass is 32.2. The molecule has 1 aromatic heterocycles. The van der Waals surface area contributed by atoms with Crippen LogP contribution in [0.4, 0.5) is 0 Å². The minimum absolute atomic E-state index is 0.195. The third kappa shape index (κ3) is 3.45. The van der Waals surface area contributed by atoms with Crippen molar-refractivity contribution < 1.29 is 9.90 Å². The summed E-state index contributed by atoms with van der Waals surface area (Å²) < 4.78 is 1.01. The Morgan fingerprint density at radius 2 is 2.24 bits per heavy atom. The lowest BCUT2D eigenvalue weighted by Crippen LogP contribution is -2.24. The molecule has 1 aromatic rings. The molecule has 0 saturated heterocycles. The van der Waals surface area contributed by atoms with Crippen molar-refractivity contribution in [2.75, 3.05) is 0 Å². The van der Waals surface area contributed by atoms with E-state index in [1.165, 1.54) is 0 Å². The molecule has 0 radical (unpaired) electrons. The topological polar surface area (TPSA) is 50.2 Å². The largest absolute Gasteiger partial charge is 0.481 e. The van der Waals surface area contributed by atoms with Crippen molar-refractivity contribution in [2.24, 2.45) is 5.92 Å². The normalized spacial score (nSPS) is 25.5. The van der Waals surface area contributed by atoms with E-state index in [1.54, 1.807) is 23.1 Å². The Labute approximate surface area is 110 Å². The molecule has 1 aliphatic rings. The minimum atomic E-state index is -0.641. The van der Waals surface area contributed by atoms with Crippen LogP contribution in [0, 0.1) is 12.8 Å². The van der Waals surface area contributed by atoms with Crippen LogP contribution in [0.2, 0.25) is 0 Å². The number of rotatable bonds is 3. The van der Waals surface area contributed by atoms with Crippen LogP contribution in [0.1, 0.15) is 37.8 Å². The minimum Gasteiger partial charge on any atom is -0.481 e. The zero-order chi connectivity index (χ0) is 12.3. The lowest BCUT2D eigenvalue weighted by molar-refractivity contribution is -0.141. The number of aliphatic carboxylic acids is 1. The molecule has 1 fully saturated rings. The van der Waals surface area contributed by atoms with E-state index in [0.717, 1.165) is 42.1 Å². The van der Waals surface area contributed by atoms with Crippen molar-refractivity contribution in [2.45, 2.75) is 48.6 Å². The predicted molar refractivity (Wildman–Crippen MR) is 70.7 cm³/mol. The molecule has 0 aliphatic heterocycles. The van der Waals surface area contributed by atoms with E-state index in [4.69, 9.17) is 0 Å². The summed E-state index contributed by atoms with van der Waals surface area (Å²) in [5, 5.41) is 11.5. The number of carbonyl (C=O) groups is 1. The van der Waals surface area contributed by atoms with Crippen molar-refractivity contribution in [3.8, 4) is 0 Å². The van der Waals surface area contributed by atoms with E-state index in [1.807, 2.05) is 12.3 Å². The summed E-state index contributed by atoms with van der Waals surface area (Å²) in [7, 11) is 0. The fraction of sp³-hybridized carbons (Fsp3) is 0.667. The number of carboxylic acids is 1. The van der Waals surface area contributed by atoms with Crippen LogP contribution in [-0.2, 0) is 4.79 Å².